The number of benzene rings is 5. The summed E-state index contributed by atoms with van der Waals surface area (Å²) in [5, 5.41) is 3.72. The maximum atomic E-state index is 13.6. The van der Waals surface area contributed by atoms with E-state index in [9.17, 15) is 4.21 Å². The average molecular weight is 634 g/mol. The molecule has 6 heteroatoms. The Balaban J connectivity index is 1.54. The zero-order valence-electron chi connectivity index (χ0n) is 26.7. The van der Waals surface area contributed by atoms with E-state index in [1.54, 1.807) is 7.11 Å². The first-order valence-corrected chi connectivity index (χ1v) is 17.8. The first-order chi connectivity index (χ1) is 21.6. The summed E-state index contributed by atoms with van der Waals surface area (Å²) in [5.74, 6) is 2.50. The third-order valence-corrected chi connectivity index (χ3v) is 12.4. The maximum Gasteiger partial charge on any atom is 0.139 e. The molecule has 1 heterocycles. The average Bonchev–Trinajstić information content (AvgIpc) is 3.04. The van der Waals surface area contributed by atoms with Crippen molar-refractivity contribution in [3.8, 4) is 17.2 Å². The first kappa shape index (κ1) is 31.2. The van der Waals surface area contributed by atoms with Crippen LogP contribution in [0, 0.1) is 0 Å². The van der Waals surface area contributed by atoms with Crippen LogP contribution in [-0.4, -0.2) is 16.1 Å². The number of methoxy groups -OCH3 is 1. The van der Waals surface area contributed by atoms with E-state index in [4.69, 9.17) is 9.47 Å². The van der Waals surface area contributed by atoms with Gasteiger partial charge in [0, 0.05) is 27.4 Å². The van der Waals surface area contributed by atoms with Crippen LogP contribution in [0.4, 0.5) is 0 Å². The van der Waals surface area contributed by atoms with E-state index in [1.807, 2.05) is 45.0 Å². The standard InChI is InChI=1S/C39H40NO3PS/c1-38(2,3)45(41)40-35(27-23-25-28(42-6)26-24-27)31-19-13-20-32-36(31)43-37-33(39(32,4)5)21-14-22-34(37)44(29-15-9-7-10-16-29)30-17-11-8-12-18-30/h7-26,35,40H,1-6H3/t35-,45?/m1/s1. The molecule has 1 unspecified atom stereocenters. The summed E-state index contributed by atoms with van der Waals surface area (Å²) in [5.41, 5.74) is 3.87. The van der Waals surface area contributed by atoms with Crippen molar-refractivity contribution < 1.29 is 13.7 Å². The second-order valence-corrected chi connectivity index (χ2v) is 17.0. The summed E-state index contributed by atoms with van der Waals surface area (Å²) < 4.78 is 29.3. The molecule has 1 N–H and O–H groups in total. The van der Waals surface area contributed by atoms with Gasteiger partial charge in [-0.05, 0) is 57.0 Å². The van der Waals surface area contributed by atoms with Gasteiger partial charge in [-0.3, -0.25) is 0 Å². The van der Waals surface area contributed by atoms with Crippen LogP contribution in [0.3, 0.4) is 0 Å². The molecule has 230 valence electrons. The van der Waals surface area contributed by atoms with Crippen LogP contribution in [0.1, 0.15) is 62.9 Å². The van der Waals surface area contributed by atoms with Gasteiger partial charge in [-0.15, -0.1) is 0 Å². The Morgan fingerprint density at radius 3 is 1.84 bits per heavy atom. The number of hydrogen-bond acceptors (Lipinski definition) is 3. The topological polar surface area (TPSA) is 47.6 Å². The Labute approximate surface area is 271 Å². The van der Waals surface area contributed by atoms with Gasteiger partial charge < -0.3 is 9.47 Å². The minimum Gasteiger partial charge on any atom is -0.497 e. The highest BCUT2D eigenvalue weighted by Gasteiger charge is 2.39. The van der Waals surface area contributed by atoms with Crippen molar-refractivity contribution in [1.29, 1.82) is 0 Å². The molecule has 0 fully saturated rings. The molecule has 6 rings (SSSR count). The zero-order valence-corrected chi connectivity index (χ0v) is 28.4. The fourth-order valence-electron chi connectivity index (χ4n) is 5.91. The van der Waals surface area contributed by atoms with Crippen LogP contribution in [0.15, 0.2) is 121 Å². The molecule has 4 nitrogen and oxygen atoms in total. The maximum absolute atomic E-state index is 13.6. The van der Waals surface area contributed by atoms with E-state index in [2.05, 4.69) is 116 Å². The molecule has 0 saturated carbocycles. The predicted molar refractivity (Wildman–Crippen MR) is 190 cm³/mol. The van der Waals surface area contributed by atoms with Crippen LogP contribution < -0.4 is 30.1 Å². The quantitative estimate of drug-likeness (QED) is 0.176. The Bertz CT molecular complexity index is 1780. The second kappa shape index (κ2) is 12.6. The largest absolute Gasteiger partial charge is 0.497 e. The SMILES string of the molecule is COc1ccc([C@@H](NS(=O)C(C)(C)C)c2cccc3c2Oc2c(P(c4ccccc4)c4ccccc4)cccc2C3(C)C)cc1. The van der Waals surface area contributed by atoms with Crippen LogP contribution in [0.2, 0.25) is 0 Å². The molecule has 0 radical (unpaired) electrons. The van der Waals surface area contributed by atoms with Gasteiger partial charge in [0.15, 0.2) is 0 Å². The smallest absolute Gasteiger partial charge is 0.139 e. The van der Waals surface area contributed by atoms with Gasteiger partial charge in [-0.25, -0.2) is 8.93 Å². The number of hydrogen-bond donors (Lipinski definition) is 1. The molecule has 1 aliphatic heterocycles. The fraction of sp³-hybridized carbons (Fsp3) is 0.231. The molecule has 45 heavy (non-hydrogen) atoms. The fourth-order valence-corrected chi connectivity index (χ4v) is 9.14. The van der Waals surface area contributed by atoms with Crippen molar-refractivity contribution in [2.45, 2.75) is 50.8 Å². The molecule has 1 aliphatic rings. The molecule has 5 aromatic carbocycles. The minimum atomic E-state index is -1.34. The molecular formula is C39H40NO3PS. The molecule has 0 saturated heterocycles. The monoisotopic (exact) mass is 633 g/mol. The molecule has 0 amide bonds. The highest BCUT2D eigenvalue weighted by Crippen LogP contribution is 2.52. The van der Waals surface area contributed by atoms with Gasteiger partial charge in [0.2, 0.25) is 0 Å². The van der Waals surface area contributed by atoms with Crippen LogP contribution >= 0.6 is 7.92 Å². The number of nitrogens with one attached hydrogen (secondary N) is 1. The van der Waals surface area contributed by atoms with Gasteiger partial charge in [0.05, 0.1) is 28.9 Å². The zero-order chi connectivity index (χ0) is 31.8. The molecule has 0 bridgehead atoms. The Morgan fingerprint density at radius 2 is 1.29 bits per heavy atom. The summed E-state index contributed by atoms with van der Waals surface area (Å²) in [7, 11) is -0.570. The lowest BCUT2D eigenvalue weighted by Crippen LogP contribution is -2.37. The Morgan fingerprint density at radius 1 is 0.733 bits per heavy atom. The number of rotatable bonds is 8. The molecule has 0 aromatic heterocycles. The molecule has 5 aromatic rings. The van der Waals surface area contributed by atoms with Gasteiger partial charge in [-0.2, -0.15) is 0 Å². The molecule has 2 atom stereocenters. The molecule has 0 spiro atoms. The van der Waals surface area contributed by atoms with E-state index >= 15 is 0 Å². The Kier molecular flexibility index (Phi) is 8.72. The summed E-state index contributed by atoms with van der Waals surface area (Å²) >= 11 is 0. The minimum absolute atomic E-state index is 0.336. The lowest BCUT2D eigenvalue weighted by molar-refractivity contribution is 0.412. The summed E-state index contributed by atoms with van der Waals surface area (Å²) in [6.45, 7) is 10.5. The van der Waals surface area contributed by atoms with Gasteiger partial charge >= 0.3 is 0 Å². The van der Waals surface area contributed by atoms with Crippen LogP contribution in [0.5, 0.6) is 17.2 Å². The number of fused-ring (bicyclic) bond motifs is 2. The normalized spacial score (nSPS) is 15.0. The van der Waals surface area contributed by atoms with Gasteiger partial charge in [-0.1, -0.05) is 123 Å². The first-order valence-electron chi connectivity index (χ1n) is 15.3. The lowest BCUT2D eigenvalue weighted by atomic mass is 9.74. The van der Waals surface area contributed by atoms with E-state index in [0.717, 1.165) is 39.5 Å². The predicted octanol–water partition coefficient (Wildman–Crippen LogP) is 8.03. The van der Waals surface area contributed by atoms with Crippen LogP contribution in [0.25, 0.3) is 0 Å². The van der Waals surface area contributed by atoms with E-state index < -0.39 is 23.7 Å². The van der Waals surface area contributed by atoms with Crippen molar-refractivity contribution in [2.75, 3.05) is 7.11 Å². The van der Waals surface area contributed by atoms with E-state index in [-0.39, 0.29) is 11.5 Å². The van der Waals surface area contributed by atoms with Crippen molar-refractivity contribution in [3.05, 3.63) is 144 Å². The molecular weight excluding hydrogens is 593 g/mol. The highest BCUT2D eigenvalue weighted by molar-refractivity contribution is 7.84. The van der Waals surface area contributed by atoms with Gasteiger partial charge in [0.25, 0.3) is 0 Å². The second-order valence-electron chi connectivity index (χ2n) is 12.8. The lowest BCUT2D eigenvalue weighted by Gasteiger charge is -2.38. The van der Waals surface area contributed by atoms with Gasteiger partial charge in [0.1, 0.15) is 17.2 Å². The summed E-state index contributed by atoms with van der Waals surface area (Å²) in [6.07, 6.45) is 0. The van der Waals surface area contributed by atoms with Crippen molar-refractivity contribution in [2.24, 2.45) is 0 Å². The van der Waals surface area contributed by atoms with Crippen molar-refractivity contribution >= 4 is 34.8 Å². The summed E-state index contributed by atoms with van der Waals surface area (Å²) in [6, 6.07) is 42.0. The third-order valence-electron chi connectivity index (χ3n) is 8.40. The van der Waals surface area contributed by atoms with Crippen molar-refractivity contribution in [3.63, 3.8) is 0 Å². The number of ether oxygens (including phenoxy) is 2. The van der Waals surface area contributed by atoms with E-state index in [1.165, 1.54) is 15.9 Å². The highest BCUT2D eigenvalue weighted by atomic mass is 32.2. The van der Waals surface area contributed by atoms with E-state index in [0.29, 0.717) is 0 Å². The molecule has 0 aliphatic carbocycles. The van der Waals surface area contributed by atoms with Crippen LogP contribution in [-0.2, 0) is 16.4 Å². The van der Waals surface area contributed by atoms with Crippen molar-refractivity contribution in [1.82, 2.24) is 4.72 Å². The Hall–Kier alpha value is -3.76. The summed E-state index contributed by atoms with van der Waals surface area (Å²) in [4.78, 5) is 0. The third kappa shape index (κ3) is 6.10. The number of para-hydroxylation sites is 2.